The molecule has 0 unspecified atom stereocenters. The van der Waals surface area contributed by atoms with Crippen molar-refractivity contribution in [2.45, 2.75) is 46.5 Å². The molecule has 0 radical (unpaired) electrons. The first-order chi connectivity index (χ1) is 16.8. The van der Waals surface area contributed by atoms with Gasteiger partial charge in [-0.25, -0.2) is 4.68 Å². The van der Waals surface area contributed by atoms with E-state index in [0.29, 0.717) is 17.7 Å². The lowest BCUT2D eigenvalue weighted by Gasteiger charge is -2.18. The molecule has 3 aromatic carbocycles. The average Bonchev–Trinajstić information content (AvgIpc) is 3.40. The van der Waals surface area contributed by atoms with Crippen LogP contribution in [0.3, 0.4) is 0 Å². The van der Waals surface area contributed by atoms with Crippen molar-refractivity contribution in [1.29, 1.82) is 0 Å². The molecule has 35 heavy (non-hydrogen) atoms. The summed E-state index contributed by atoms with van der Waals surface area (Å²) in [4.78, 5) is 5.03. The first-order valence-electron chi connectivity index (χ1n) is 12.3. The molecule has 0 fully saturated rings. The molecule has 0 saturated heterocycles. The van der Waals surface area contributed by atoms with E-state index < -0.39 is 0 Å². The van der Waals surface area contributed by atoms with E-state index in [2.05, 4.69) is 110 Å². The lowest BCUT2D eigenvalue weighted by Crippen LogP contribution is -2.41. The molecule has 2 heterocycles. The Morgan fingerprint density at radius 1 is 0.829 bits per heavy atom. The van der Waals surface area contributed by atoms with Crippen molar-refractivity contribution in [3.63, 3.8) is 0 Å². The van der Waals surface area contributed by atoms with Crippen LogP contribution >= 0.6 is 0 Å². The van der Waals surface area contributed by atoms with Gasteiger partial charge in [-0.2, -0.15) is 4.57 Å². The van der Waals surface area contributed by atoms with E-state index in [4.69, 9.17) is 9.72 Å². The van der Waals surface area contributed by atoms with Crippen molar-refractivity contribution < 1.29 is 9.42 Å². The predicted octanol–water partition coefficient (Wildman–Crippen LogP) is 6.99. The highest BCUT2D eigenvalue weighted by Gasteiger charge is 2.29. The molecule has 5 rings (SSSR count). The van der Waals surface area contributed by atoms with Crippen LogP contribution in [0.5, 0.6) is 11.6 Å². The summed E-state index contributed by atoms with van der Waals surface area (Å²) in [5.74, 6) is 2.89. The molecule has 0 saturated carbocycles. The first kappa shape index (κ1) is 22.9. The van der Waals surface area contributed by atoms with Crippen molar-refractivity contribution in [2.75, 3.05) is 0 Å². The molecule has 0 bridgehead atoms. The molecule has 0 aliphatic carbocycles. The Hall–Kier alpha value is -3.86. The Balaban J connectivity index is 1.78. The third-order valence-electron chi connectivity index (χ3n) is 6.63. The van der Waals surface area contributed by atoms with Gasteiger partial charge in [0, 0.05) is 12.4 Å². The van der Waals surface area contributed by atoms with Crippen LogP contribution in [0.15, 0.2) is 79.1 Å². The molecule has 5 aromatic rings. The van der Waals surface area contributed by atoms with Crippen LogP contribution in [-0.2, 0) is 7.05 Å². The second-order valence-corrected chi connectivity index (χ2v) is 9.77. The fourth-order valence-corrected chi connectivity index (χ4v) is 4.72. The smallest absolute Gasteiger partial charge is 0.424 e. The topological polar surface area (TPSA) is 35.9 Å². The van der Waals surface area contributed by atoms with Crippen molar-refractivity contribution in [2.24, 2.45) is 7.05 Å². The largest absolute Gasteiger partial charge is 0.429 e. The zero-order valence-electron chi connectivity index (χ0n) is 21.4. The normalized spacial score (nSPS) is 11.7. The SMILES string of the molecule is Cc1ccccc1Oc1cn(-c2c(C(C)C)cccc2C(C)C)c(-[n+]2cc3ccccc3n2C)n1. The van der Waals surface area contributed by atoms with Crippen molar-refractivity contribution in [3.05, 3.63) is 95.8 Å². The number of nitrogens with zero attached hydrogens (tertiary/aromatic N) is 4. The van der Waals surface area contributed by atoms with E-state index >= 15 is 0 Å². The molecule has 5 nitrogen and oxygen atoms in total. The summed E-state index contributed by atoms with van der Waals surface area (Å²) in [7, 11) is 2.07. The Labute approximate surface area is 207 Å². The van der Waals surface area contributed by atoms with Gasteiger partial charge in [0.2, 0.25) is 0 Å². The molecular formula is C30H33N4O+. The molecule has 5 heteroatoms. The predicted molar refractivity (Wildman–Crippen MR) is 141 cm³/mol. The Kier molecular flexibility index (Phi) is 5.93. The number of fused-ring (bicyclic) bond motifs is 1. The highest BCUT2D eigenvalue weighted by Crippen LogP contribution is 2.34. The van der Waals surface area contributed by atoms with Gasteiger partial charge < -0.3 is 4.74 Å². The third-order valence-corrected chi connectivity index (χ3v) is 6.63. The van der Waals surface area contributed by atoms with Crippen LogP contribution in [0.2, 0.25) is 0 Å². The maximum Gasteiger partial charge on any atom is 0.429 e. The van der Waals surface area contributed by atoms with Crippen LogP contribution in [-0.4, -0.2) is 14.2 Å². The summed E-state index contributed by atoms with van der Waals surface area (Å²) in [5, 5.41) is 1.16. The second-order valence-electron chi connectivity index (χ2n) is 9.77. The maximum absolute atomic E-state index is 6.33. The van der Waals surface area contributed by atoms with E-state index in [9.17, 15) is 0 Å². The molecule has 0 spiro atoms. The average molecular weight is 466 g/mol. The van der Waals surface area contributed by atoms with Gasteiger partial charge in [-0.1, -0.05) is 76.2 Å². The minimum Gasteiger partial charge on any atom is -0.424 e. The van der Waals surface area contributed by atoms with E-state index in [0.717, 1.165) is 28.2 Å². The monoisotopic (exact) mass is 465 g/mol. The molecule has 0 atom stereocenters. The lowest BCUT2D eigenvalue weighted by atomic mass is 9.92. The fourth-order valence-electron chi connectivity index (χ4n) is 4.72. The fraction of sp³-hybridized carbons (Fsp3) is 0.267. The molecule has 178 valence electrons. The van der Waals surface area contributed by atoms with Gasteiger partial charge in [-0.05, 0) is 58.6 Å². The molecule has 0 amide bonds. The number of para-hydroxylation sites is 3. The summed E-state index contributed by atoms with van der Waals surface area (Å²) in [5.41, 5.74) is 5.97. The number of benzene rings is 3. The minimum absolute atomic E-state index is 0.358. The van der Waals surface area contributed by atoms with E-state index in [-0.39, 0.29) is 0 Å². The van der Waals surface area contributed by atoms with Gasteiger partial charge in [0.15, 0.2) is 6.20 Å². The van der Waals surface area contributed by atoms with Gasteiger partial charge in [0.05, 0.1) is 5.52 Å². The van der Waals surface area contributed by atoms with Crippen LogP contribution in [0.1, 0.15) is 56.2 Å². The number of aryl methyl sites for hydroxylation is 2. The standard InChI is InChI=1S/C30H33N4O/c1-20(2)24-14-11-15-25(21(3)4)29(24)33-19-28(35-27-17-10-7-12-22(27)5)31-30(33)34-18-23-13-8-9-16-26(23)32(34)6/h7-21H,1-6H3/q+1. The van der Waals surface area contributed by atoms with Crippen LogP contribution in [0, 0.1) is 6.92 Å². The molecule has 0 aliphatic rings. The van der Waals surface area contributed by atoms with Crippen LogP contribution in [0.4, 0.5) is 0 Å². The maximum atomic E-state index is 6.33. The van der Waals surface area contributed by atoms with E-state index in [1.54, 1.807) is 0 Å². The van der Waals surface area contributed by atoms with Crippen molar-refractivity contribution in [3.8, 4) is 23.3 Å². The Morgan fingerprint density at radius 3 is 2.14 bits per heavy atom. The van der Waals surface area contributed by atoms with E-state index in [1.165, 1.54) is 16.8 Å². The zero-order chi connectivity index (χ0) is 24.7. The van der Waals surface area contributed by atoms with Crippen LogP contribution in [0.25, 0.3) is 22.5 Å². The quantitative estimate of drug-likeness (QED) is 0.253. The summed E-state index contributed by atoms with van der Waals surface area (Å²) >= 11 is 0. The van der Waals surface area contributed by atoms with Gasteiger partial charge in [-0.15, -0.1) is 4.68 Å². The zero-order valence-corrected chi connectivity index (χ0v) is 21.4. The molecule has 0 N–H and O–H groups in total. The lowest BCUT2D eigenvalue weighted by molar-refractivity contribution is -0.687. The molecular weight excluding hydrogens is 432 g/mol. The van der Waals surface area contributed by atoms with Gasteiger partial charge in [-0.3, -0.25) is 0 Å². The van der Waals surface area contributed by atoms with E-state index in [1.807, 2.05) is 24.4 Å². The van der Waals surface area contributed by atoms with Crippen molar-refractivity contribution in [1.82, 2.24) is 14.2 Å². The second kappa shape index (κ2) is 9.06. The van der Waals surface area contributed by atoms with Gasteiger partial charge >= 0.3 is 11.8 Å². The Bertz CT molecular complexity index is 1480. The third kappa shape index (κ3) is 4.12. The van der Waals surface area contributed by atoms with Gasteiger partial charge in [0.1, 0.15) is 17.6 Å². The highest BCUT2D eigenvalue weighted by atomic mass is 16.5. The van der Waals surface area contributed by atoms with Crippen molar-refractivity contribution >= 4 is 10.9 Å². The number of ether oxygens (including phenoxy) is 1. The highest BCUT2D eigenvalue weighted by molar-refractivity contribution is 5.77. The molecule has 0 aliphatic heterocycles. The Morgan fingerprint density at radius 2 is 1.49 bits per heavy atom. The van der Waals surface area contributed by atoms with Crippen LogP contribution < -0.4 is 9.42 Å². The summed E-state index contributed by atoms with van der Waals surface area (Å²) in [6.45, 7) is 11.0. The number of aromatic nitrogens is 4. The number of imidazole rings is 1. The first-order valence-corrected chi connectivity index (χ1v) is 12.3. The summed E-state index contributed by atoms with van der Waals surface area (Å²) in [6, 6.07) is 23.1. The summed E-state index contributed by atoms with van der Waals surface area (Å²) < 4.78 is 12.8. The van der Waals surface area contributed by atoms with Gasteiger partial charge in [0.25, 0.3) is 0 Å². The minimum atomic E-state index is 0.358. The number of rotatable bonds is 6. The summed E-state index contributed by atoms with van der Waals surface area (Å²) in [6.07, 6.45) is 4.16. The molecule has 2 aromatic heterocycles. The number of hydrogen-bond acceptors (Lipinski definition) is 2. The number of hydrogen-bond donors (Lipinski definition) is 0.